The second-order valence-corrected chi connectivity index (χ2v) is 7.05. The largest absolute Gasteiger partial charge is 0.422 e. The van der Waals surface area contributed by atoms with Gasteiger partial charge in [-0.2, -0.15) is 10.4 Å². The molecule has 0 bridgehead atoms. The highest BCUT2D eigenvalue weighted by molar-refractivity contribution is 6.30. The number of rotatable bonds is 2. The molecule has 1 atom stereocenters. The third-order valence-electron chi connectivity index (χ3n) is 4.49. The third kappa shape index (κ3) is 2.93. The Hall–Kier alpha value is -2.94. The second kappa shape index (κ2) is 6.66. The van der Waals surface area contributed by atoms with E-state index in [1.807, 2.05) is 31.2 Å². The first-order valence-corrected chi connectivity index (χ1v) is 8.93. The first-order valence-electron chi connectivity index (χ1n) is 8.18. The van der Waals surface area contributed by atoms with Crippen molar-refractivity contribution >= 4 is 23.2 Å². The summed E-state index contributed by atoms with van der Waals surface area (Å²) in [4.78, 5) is 0. The molecule has 0 amide bonds. The predicted octanol–water partition coefficient (Wildman–Crippen LogP) is 4.71. The molecule has 0 saturated heterocycles. The molecule has 0 saturated carbocycles. The van der Waals surface area contributed by atoms with E-state index in [1.165, 1.54) is 0 Å². The van der Waals surface area contributed by atoms with Crippen molar-refractivity contribution in [3.05, 3.63) is 86.9 Å². The lowest BCUT2D eigenvalue weighted by molar-refractivity contribution is 0.367. The zero-order chi connectivity index (χ0) is 19.1. The molecule has 1 aliphatic heterocycles. The van der Waals surface area contributed by atoms with Crippen molar-refractivity contribution in [3.63, 3.8) is 0 Å². The zero-order valence-electron chi connectivity index (χ0n) is 14.3. The van der Waals surface area contributed by atoms with Crippen LogP contribution in [-0.2, 0) is 0 Å². The summed E-state index contributed by atoms with van der Waals surface area (Å²) in [5, 5.41) is 15.5. The van der Waals surface area contributed by atoms with Crippen LogP contribution in [-0.4, -0.2) is 9.78 Å². The van der Waals surface area contributed by atoms with Gasteiger partial charge in [0.05, 0.1) is 22.9 Å². The van der Waals surface area contributed by atoms with Gasteiger partial charge in [-0.1, -0.05) is 41.4 Å². The van der Waals surface area contributed by atoms with Gasteiger partial charge < -0.3 is 10.5 Å². The molecule has 1 aliphatic rings. The molecule has 0 radical (unpaired) electrons. The lowest BCUT2D eigenvalue weighted by Gasteiger charge is -2.25. The molecule has 0 spiro atoms. The van der Waals surface area contributed by atoms with Gasteiger partial charge in [0.2, 0.25) is 11.8 Å². The van der Waals surface area contributed by atoms with Gasteiger partial charge in [0, 0.05) is 10.0 Å². The molecule has 0 aliphatic carbocycles. The quantitative estimate of drug-likeness (QED) is 0.680. The van der Waals surface area contributed by atoms with Crippen molar-refractivity contribution < 1.29 is 4.74 Å². The Kier molecular flexibility index (Phi) is 4.31. The van der Waals surface area contributed by atoms with Gasteiger partial charge in [0.15, 0.2) is 0 Å². The van der Waals surface area contributed by atoms with Crippen molar-refractivity contribution in [3.8, 4) is 17.6 Å². The molecule has 2 heterocycles. The molecular weight excluding hydrogens is 383 g/mol. The molecule has 0 fully saturated rings. The normalized spacial score (nSPS) is 15.9. The molecule has 27 heavy (non-hydrogen) atoms. The van der Waals surface area contributed by atoms with E-state index in [2.05, 4.69) is 11.2 Å². The average molecular weight is 397 g/mol. The number of fused-ring (bicyclic) bond motifs is 1. The van der Waals surface area contributed by atoms with Gasteiger partial charge >= 0.3 is 0 Å². The minimum Gasteiger partial charge on any atom is -0.422 e. The van der Waals surface area contributed by atoms with E-state index in [1.54, 1.807) is 28.9 Å². The summed E-state index contributed by atoms with van der Waals surface area (Å²) < 4.78 is 7.48. The van der Waals surface area contributed by atoms with Crippen LogP contribution in [0.1, 0.15) is 22.7 Å². The van der Waals surface area contributed by atoms with Crippen LogP contribution in [0.25, 0.3) is 5.69 Å². The van der Waals surface area contributed by atoms with Crippen LogP contribution in [0.4, 0.5) is 0 Å². The standard InChI is InChI=1S/C20H14Cl2N4O/c1-11-17-18(12-5-7-13(21)8-6-12)16(10-23)19(24)27-20(17)26(25-11)15-4-2-3-14(22)9-15/h2-9,18H,24H2,1H3/t18-/m1/s1. The van der Waals surface area contributed by atoms with Gasteiger partial charge in [-0.3, -0.25) is 0 Å². The Morgan fingerprint density at radius 1 is 1.15 bits per heavy atom. The highest BCUT2D eigenvalue weighted by atomic mass is 35.5. The Morgan fingerprint density at radius 2 is 1.89 bits per heavy atom. The Bertz CT molecular complexity index is 1110. The highest BCUT2D eigenvalue weighted by Gasteiger charge is 2.36. The Balaban J connectivity index is 1.95. The first-order chi connectivity index (χ1) is 13.0. The maximum absolute atomic E-state index is 9.69. The van der Waals surface area contributed by atoms with Crippen molar-refractivity contribution in [2.45, 2.75) is 12.8 Å². The van der Waals surface area contributed by atoms with E-state index in [4.69, 9.17) is 33.7 Å². The summed E-state index contributed by atoms with van der Waals surface area (Å²) in [6.45, 7) is 1.88. The highest BCUT2D eigenvalue weighted by Crippen LogP contribution is 2.44. The summed E-state index contributed by atoms with van der Waals surface area (Å²) in [5.74, 6) is 0.156. The SMILES string of the molecule is Cc1nn(-c2cccc(Cl)c2)c2c1[C@H](c1ccc(Cl)cc1)C(C#N)=C(N)O2. The fraction of sp³-hybridized carbons (Fsp3) is 0.100. The van der Waals surface area contributed by atoms with Crippen LogP contribution in [0.2, 0.25) is 10.0 Å². The number of aromatic nitrogens is 2. The van der Waals surface area contributed by atoms with E-state index in [9.17, 15) is 5.26 Å². The first kappa shape index (κ1) is 17.5. The summed E-state index contributed by atoms with van der Waals surface area (Å²) in [7, 11) is 0. The molecular formula is C20H14Cl2N4O. The van der Waals surface area contributed by atoms with Crippen molar-refractivity contribution in [2.75, 3.05) is 0 Å². The number of nitrogens with zero attached hydrogens (tertiary/aromatic N) is 3. The van der Waals surface area contributed by atoms with Crippen LogP contribution < -0.4 is 10.5 Å². The summed E-state index contributed by atoms with van der Waals surface area (Å²) in [6.07, 6.45) is 0. The molecule has 5 nitrogen and oxygen atoms in total. The van der Waals surface area contributed by atoms with Gasteiger partial charge in [0.1, 0.15) is 11.6 Å². The fourth-order valence-corrected chi connectivity index (χ4v) is 3.60. The summed E-state index contributed by atoms with van der Waals surface area (Å²) >= 11 is 12.2. The third-order valence-corrected chi connectivity index (χ3v) is 4.98. The van der Waals surface area contributed by atoms with Gasteiger partial charge in [0.25, 0.3) is 0 Å². The van der Waals surface area contributed by atoms with Crippen LogP contribution in [0.3, 0.4) is 0 Å². The van der Waals surface area contributed by atoms with Gasteiger partial charge in [-0.25, -0.2) is 4.68 Å². The monoisotopic (exact) mass is 396 g/mol. The van der Waals surface area contributed by atoms with Crippen LogP contribution >= 0.6 is 23.2 Å². The lowest BCUT2D eigenvalue weighted by Crippen LogP contribution is -2.22. The summed E-state index contributed by atoms with van der Waals surface area (Å²) in [6, 6.07) is 16.8. The number of allylic oxidation sites excluding steroid dienone is 1. The molecule has 3 aromatic rings. The molecule has 134 valence electrons. The lowest BCUT2D eigenvalue weighted by atomic mass is 9.84. The van der Waals surface area contributed by atoms with E-state index in [0.29, 0.717) is 21.5 Å². The smallest absolute Gasteiger partial charge is 0.229 e. The van der Waals surface area contributed by atoms with E-state index < -0.39 is 0 Å². The number of nitrogens with two attached hydrogens (primary N) is 1. The predicted molar refractivity (Wildman–Crippen MR) is 104 cm³/mol. The molecule has 2 aromatic carbocycles. The maximum Gasteiger partial charge on any atom is 0.229 e. The maximum atomic E-state index is 9.69. The van der Waals surface area contributed by atoms with Gasteiger partial charge in [-0.05, 0) is 42.8 Å². The van der Waals surface area contributed by atoms with E-state index in [-0.39, 0.29) is 11.8 Å². The molecule has 0 unspecified atom stereocenters. The number of nitriles is 1. The molecule has 7 heteroatoms. The second-order valence-electron chi connectivity index (χ2n) is 6.17. The number of hydrogen-bond acceptors (Lipinski definition) is 4. The van der Waals surface area contributed by atoms with E-state index in [0.717, 1.165) is 22.5 Å². The van der Waals surface area contributed by atoms with Crippen LogP contribution in [0.15, 0.2) is 60.0 Å². The molecule has 2 N–H and O–H groups in total. The average Bonchev–Trinajstić information content (AvgIpc) is 2.97. The minimum atomic E-state index is -0.385. The number of ether oxygens (including phenoxy) is 1. The zero-order valence-corrected chi connectivity index (χ0v) is 15.8. The number of halogens is 2. The number of aryl methyl sites for hydroxylation is 1. The Morgan fingerprint density at radius 3 is 2.56 bits per heavy atom. The van der Waals surface area contributed by atoms with E-state index >= 15 is 0 Å². The molecule has 1 aromatic heterocycles. The van der Waals surface area contributed by atoms with Crippen LogP contribution in [0, 0.1) is 18.3 Å². The van der Waals surface area contributed by atoms with Crippen LogP contribution in [0.5, 0.6) is 5.88 Å². The number of benzene rings is 2. The topological polar surface area (TPSA) is 76.9 Å². The fourth-order valence-electron chi connectivity index (χ4n) is 3.29. The number of hydrogen-bond donors (Lipinski definition) is 1. The van der Waals surface area contributed by atoms with Crippen molar-refractivity contribution in [1.29, 1.82) is 5.26 Å². The summed E-state index contributed by atoms with van der Waals surface area (Å²) in [5.41, 5.74) is 9.60. The van der Waals surface area contributed by atoms with Crippen molar-refractivity contribution in [2.24, 2.45) is 5.73 Å². The minimum absolute atomic E-state index is 0.0631. The Labute approximate surface area is 166 Å². The van der Waals surface area contributed by atoms with Gasteiger partial charge in [-0.15, -0.1) is 0 Å². The van der Waals surface area contributed by atoms with Crippen molar-refractivity contribution in [1.82, 2.24) is 9.78 Å². The molecule has 4 rings (SSSR count).